The average molecular weight is 306 g/mol. The summed E-state index contributed by atoms with van der Waals surface area (Å²) in [6, 6.07) is 0. The highest BCUT2D eigenvalue weighted by molar-refractivity contribution is 5.79. The van der Waals surface area contributed by atoms with E-state index in [9.17, 15) is 0 Å². The van der Waals surface area contributed by atoms with Crippen molar-refractivity contribution in [2.45, 2.75) is 51.4 Å². The topological polar surface area (TPSA) is 148 Å². The number of hydrogen-bond acceptors (Lipinski definition) is 4. The van der Waals surface area contributed by atoms with Gasteiger partial charge in [0, 0.05) is 13.1 Å². The van der Waals surface area contributed by atoms with Crippen LogP contribution in [0.5, 0.6) is 0 Å². The minimum Gasteiger partial charge on any atom is -0.369 e. The number of nitriles is 2. The van der Waals surface area contributed by atoms with E-state index in [0.717, 1.165) is 32.2 Å². The number of hydrogen-bond donors (Lipinski definition) is 4. The maximum absolute atomic E-state index is 8.31. The molecule has 0 radical (unpaired) electrons. The molecule has 0 saturated carbocycles. The fourth-order valence-corrected chi connectivity index (χ4v) is 1.90. The van der Waals surface area contributed by atoms with Crippen molar-refractivity contribution in [2.75, 3.05) is 13.1 Å². The van der Waals surface area contributed by atoms with E-state index in [1.807, 2.05) is 0 Å². The van der Waals surface area contributed by atoms with Gasteiger partial charge in [-0.25, -0.2) is 0 Å². The Balaban J connectivity index is 3.25. The van der Waals surface area contributed by atoms with Crippen molar-refractivity contribution in [1.82, 2.24) is 10.6 Å². The highest BCUT2D eigenvalue weighted by Crippen LogP contribution is 2.08. The summed E-state index contributed by atoms with van der Waals surface area (Å²) >= 11 is 0. The van der Waals surface area contributed by atoms with Gasteiger partial charge in [-0.3, -0.25) is 10.3 Å². The van der Waals surface area contributed by atoms with Gasteiger partial charge in [-0.05, 0) is 12.8 Å². The first-order valence-electron chi connectivity index (χ1n) is 7.62. The highest BCUT2D eigenvalue weighted by Gasteiger charge is 1.94. The van der Waals surface area contributed by atoms with Crippen molar-refractivity contribution < 1.29 is 0 Å². The molecule has 0 aromatic heterocycles. The van der Waals surface area contributed by atoms with Gasteiger partial charge < -0.3 is 16.8 Å². The zero-order valence-corrected chi connectivity index (χ0v) is 13.0. The van der Waals surface area contributed by atoms with Crippen LogP contribution in [-0.4, -0.2) is 25.0 Å². The largest absolute Gasteiger partial charge is 0.369 e. The Bertz CT molecular complexity index is 416. The third-order valence-electron chi connectivity index (χ3n) is 3.03. The molecule has 122 valence electrons. The minimum atomic E-state index is 0.191. The lowest BCUT2D eigenvalue weighted by molar-refractivity contribution is 0.567. The number of nitrogens with two attached hydrogens (primary N) is 2. The highest BCUT2D eigenvalue weighted by atomic mass is 15.1. The molecule has 0 saturated heterocycles. The standard InChI is InChI=1S/C14H26N8/c15-11-21-13(17)19-9-7-5-3-1-2-4-6-8-10-20-14(18)22-12-16/h1-10H2,(H3,17,19,21)(H3,18,20,22). The zero-order chi connectivity index (χ0) is 16.5. The van der Waals surface area contributed by atoms with E-state index in [4.69, 9.17) is 22.0 Å². The van der Waals surface area contributed by atoms with Crippen molar-refractivity contribution in [1.29, 1.82) is 10.5 Å². The molecule has 0 aromatic carbocycles. The second kappa shape index (κ2) is 14.9. The molecule has 6 N–H and O–H groups in total. The molecule has 0 bridgehead atoms. The zero-order valence-electron chi connectivity index (χ0n) is 13.0. The van der Waals surface area contributed by atoms with Crippen molar-refractivity contribution in [3.63, 3.8) is 0 Å². The number of guanidine groups is 2. The van der Waals surface area contributed by atoms with Crippen LogP contribution in [0.1, 0.15) is 51.4 Å². The summed E-state index contributed by atoms with van der Waals surface area (Å²) < 4.78 is 0. The lowest BCUT2D eigenvalue weighted by atomic mass is 10.1. The number of rotatable bonds is 11. The van der Waals surface area contributed by atoms with Gasteiger partial charge in [0.1, 0.15) is 0 Å². The Morgan fingerprint density at radius 1 is 0.864 bits per heavy atom. The van der Waals surface area contributed by atoms with Crippen LogP contribution in [0.15, 0.2) is 9.98 Å². The second-order valence-electron chi connectivity index (χ2n) is 4.86. The maximum atomic E-state index is 8.31. The molecule has 0 aromatic rings. The minimum absolute atomic E-state index is 0.191. The summed E-state index contributed by atoms with van der Waals surface area (Å²) in [5, 5.41) is 21.8. The van der Waals surface area contributed by atoms with Crippen LogP contribution in [0.2, 0.25) is 0 Å². The maximum Gasteiger partial charge on any atom is 0.209 e. The third kappa shape index (κ3) is 13.9. The van der Waals surface area contributed by atoms with Crippen LogP contribution in [0.3, 0.4) is 0 Å². The van der Waals surface area contributed by atoms with Crippen molar-refractivity contribution >= 4 is 11.9 Å². The van der Waals surface area contributed by atoms with Crippen molar-refractivity contribution in [2.24, 2.45) is 21.5 Å². The molecule has 8 heteroatoms. The Kier molecular flexibility index (Phi) is 13.2. The summed E-state index contributed by atoms with van der Waals surface area (Å²) in [5.41, 5.74) is 10.8. The van der Waals surface area contributed by atoms with Gasteiger partial charge in [-0.2, -0.15) is 10.5 Å². The Morgan fingerprint density at radius 2 is 1.45 bits per heavy atom. The molecule has 0 spiro atoms. The van der Waals surface area contributed by atoms with Gasteiger partial charge in [0.25, 0.3) is 0 Å². The van der Waals surface area contributed by atoms with E-state index >= 15 is 0 Å². The fraction of sp³-hybridized carbons (Fsp3) is 0.714. The Morgan fingerprint density at radius 3 is 2.05 bits per heavy atom. The monoisotopic (exact) mass is 306 g/mol. The van der Waals surface area contributed by atoms with Gasteiger partial charge in [-0.1, -0.05) is 38.5 Å². The Hall–Kier alpha value is -2.48. The number of nitrogens with one attached hydrogen (secondary N) is 2. The first-order valence-corrected chi connectivity index (χ1v) is 7.62. The second-order valence-corrected chi connectivity index (χ2v) is 4.86. The van der Waals surface area contributed by atoms with Crippen molar-refractivity contribution in [3.8, 4) is 12.4 Å². The third-order valence-corrected chi connectivity index (χ3v) is 3.03. The molecule has 22 heavy (non-hydrogen) atoms. The number of aliphatic imine (C=N–C) groups is 2. The molecule has 0 amide bonds. The number of unbranched alkanes of at least 4 members (excludes halogenated alkanes) is 7. The fourth-order valence-electron chi connectivity index (χ4n) is 1.90. The number of nitrogens with zero attached hydrogens (tertiary/aromatic N) is 4. The molecule has 0 fully saturated rings. The first kappa shape index (κ1) is 19.5. The molecule has 0 aliphatic heterocycles. The van der Waals surface area contributed by atoms with E-state index < -0.39 is 0 Å². The first-order chi connectivity index (χ1) is 10.7. The van der Waals surface area contributed by atoms with Gasteiger partial charge in [0.05, 0.1) is 0 Å². The Labute approximate surface area is 132 Å². The van der Waals surface area contributed by atoms with Gasteiger partial charge in [0.2, 0.25) is 18.1 Å². The van der Waals surface area contributed by atoms with Gasteiger partial charge >= 0.3 is 0 Å². The van der Waals surface area contributed by atoms with Crippen LogP contribution >= 0.6 is 0 Å². The summed E-state index contributed by atoms with van der Waals surface area (Å²) in [7, 11) is 0. The van der Waals surface area contributed by atoms with E-state index in [-0.39, 0.29) is 11.9 Å². The quantitative estimate of drug-likeness (QED) is 0.146. The predicted octanol–water partition coefficient (Wildman–Crippen LogP) is 0.878. The molecule has 0 heterocycles. The molecular weight excluding hydrogens is 280 g/mol. The summed E-state index contributed by atoms with van der Waals surface area (Å²) in [4.78, 5) is 7.40. The SMILES string of the molecule is N#CN=C(N)NCCCCCCCCCCN=C(N)NC#N. The predicted molar refractivity (Wildman–Crippen MR) is 87.4 cm³/mol. The molecule has 0 unspecified atom stereocenters. The van der Waals surface area contributed by atoms with Crippen LogP contribution in [0.4, 0.5) is 0 Å². The lowest BCUT2D eigenvalue weighted by Gasteiger charge is -2.04. The lowest BCUT2D eigenvalue weighted by Crippen LogP contribution is -2.31. The van der Waals surface area contributed by atoms with E-state index in [1.165, 1.54) is 25.7 Å². The van der Waals surface area contributed by atoms with E-state index in [1.54, 1.807) is 12.4 Å². The molecule has 0 rings (SSSR count). The van der Waals surface area contributed by atoms with Crippen molar-refractivity contribution in [3.05, 3.63) is 0 Å². The molecule has 0 atom stereocenters. The molecule has 8 nitrogen and oxygen atoms in total. The summed E-state index contributed by atoms with van der Waals surface area (Å²) in [6.45, 7) is 1.42. The van der Waals surface area contributed by atoms with Crippen LogP contribution in [-0.2, 0) is 0 Å². The summed E-state index contributed by atoms with van der Waals surface area (Å²) in [5.74, 6) is 0.382. The molecular formula is C14H26N8. The van der Waals surface area contributed by atoms with Crippen LogP contribution in [0, 0.1) is 22.9 Å². The average Bonchev–Trinajstić information content (AvgIpc) is 2.49. The summed E-state index contributed by atoms with van der Waals surface area (Å²) in [6.07, 6.45) is 12.5. The van der Waals surface area contributed by atoms with E-state index in [2.05, 4.69) is 20.6 Å². The molecule has 0 aliphatic carbocycles. The smallest absolute Gasteiger partial charge is 0.209 e. The van der Waals surface area contributed by atoms with Gasteiger partial charge in [-0.15, -0.1) is 4.99 Å². The van der Waals surface area contributed by atoms with E-state index in [0.29, 0.717) is 6.54 Å². The van der Waals surface area contributed by atoms with Crippen LogP contribution in [0.25, 0.3) is 0 Å². The van der Waals surface area contributed by atoms with Gasteiger partial charge in [0.15, 0.2) is 6.19 Å². The normalized spacial score (nSPS) is 11.5. The molecule has 0 aliphatic rings. The van der Waals surface area contributed by atoms with Crippen LogP contribution < -0.4 is 22.1 Å².